The monoisotopic (exact) mass is 403 g/mol. The predicted molar refractivity (Wildman–Crippen MR) is 97.4 cm³/mol. The highest BCUT2D eigenvalue weighted by Gasteiger charge is 2.27. The summed E-state index contributed by atoms with van der Waals surface area (Å²) in [5.41, 5.74) is 0.949. The molecule has 1 unspecified atom stereocenters. The summed E-state index contributed by atoms with van der Waals surface area (Å²) in [4.78, 5) is 22.3. The fourth-order valence-corrected chi connectivity index (χ4v) is 2.73. The molecule has 0 radical (unpaired) electrons. The van der Waals surface area contributed by atoms with E-state index in [0.29, 0.717) is 19.1 Å². The van der Waals surface area contributed by atoms with Gasteiger partial charge in [0.05, 0.1) is 18.1 Å². The van der Waals surface area contributed by atoms with Gasteiger partial charge in [-0.1, -0.05) is 12.1 Å². The molecule has 1 aromatic heterocycles. The van der Waals surface area contributed by atoms with Crippen molar-refractivity contribution in [3.8, 4) is 11.8 Å². The standard InChI is InChI=1S/C18H18BrN3O3/c1-24-15-5-2-13(3-6-15)4-7-17(23)22-9-8-16(12-22)25-18-20-10-14(19)11-21-18/h2-7,10-11,16H,8-9,12H2,1H3. The molecule has 130 valence electrons. The van der Waals surface area contributed by atoms with Crippen LogP contribution in [0.3, 0.4) is 0 Å². The summed E-state index contributed by atoms with van der Waals surface area (Å²) in [6.07, 6.45) is 7.34. The molecule has 1 saturated heterocycles. The largest absolute Gasteiger partial charge is 0.497 e. The SMILES string of the molecule is COc1ccc(C=CC(=O)N2CCC(Oc3ncc(Br)cn3)C2)cc1. The van der Waals surface area contributed by atoms with Gasteiger partial charge in [-0.2, -0.15) is 0 Å². The molecule has 1 aromatic carbocycles. The smallest absolute Gasteiger partial charge is 0.316 e. The van der Waals surface area contributed by atoms with Gasteiger partial charge >= 0.3 is 6.01 Å². The first kappa shape index (κ1) is 17.4. The van der Waals surface area contributed by atoms with Crippen molar-refractivity contribution in [3.05, 3.63) is 52.8 Å². The summed E-state index contributed by atoms with van der Waals surface area (Å²) in [7, 11) is 1.62. The summed E-state index contributed by atoms with van der Waals surface area (Å²) >= 11 is 3.28. The first-order chi connectivity index (χ1) is 12.1. The van der Waals surface area contributed by atoms with Crippen LogP contribution >= 0.6 is 15.9 Å². The van der Waals surface area contributed by atoms with Crippen LogP contribution in [0, 0.1) is 0 Å². The lowest BCUT2D eigenvalue weighted by molar-refractivity contribution is -0.125. The van der Waals surface area contributed by atoms with E-state index in [-0.39, 0.29) is 12.0 Å². The van der Waals surface area contributed by atoms with Gasteiger partial charge in [-0.15, -0.1) is 0 Å². The van der Waals surface area contributed by atoms with Crippen LogP contribution in [0.1, 0.15) is 12.0 Å². The third-order valence-corrected chi connectivity index (χ3v) is 4.27. The summed E-state index contributed by atoms with van der Waals surface area (Å²) in [6, 6.07) is 7.87. The third-order valence-electron chi connectivity index (χ3n) is 3.86. The minimum atomic E-state index is -0.0838. The van der Waals surface area contributed by atoms with Gasteiger partial charge in [-0.25, -0.2) is 9.97 Å². The van der Waals surface area contributed by atoms with E-state index >= 15 is 0 Å². The predicted octanol–water partition coefficient (Wildman–Crippen LogP) is 2.94. The van der Waals surface area contributed by atoms with Crippen molar-refractivity contribution < 1.29 is 14.3 Å². The van der Waals surface area contributed by atoms with Gasteiger partial charge in [-0.3, -0.25) is 4.79 Å². The second-order valence-corrected chi connectivity index (χ2v) is 6.52. The van der Waals surface area contributed by atoms with E-state index in [2.05, 4.69) is 25.9 Å². The Bertz CT molecular complexity index is 747. The van der Waals surface area contributed by atoms with Gasteiger partial charge in [0, 0.05) is 31.4 Å². The van der Waals surface area contributed by atoms with Gasteiger partial charge < -0.3 is 14.4 Å². The van der Waals surface area contributed by atoms with E-state index in [4.69, 9.17) is 9.47 Å². The van der Waals surface area contributed by atoms with Gasteiger partial charge in [0.15, 0.2) is 0 Å². The molecule has 0 spiro atoms. The van der Waals surface area contributed by atoms with Crippen LogP contribution in [0.15, 0.2) is 47.2 Å². The van der Waals surface area contributed by atoms with Gasteiger partial charge in [0.1, 0.15) is 11.9 Å². The number of aromatic nitrogens is 2. The van der Waals surface area contributed by atoms with Crippen molar-refractivity contribution >= 4 is 27.9 Å². The molecule has 0 N–H and O–H groups in total. The maximum absolute atomic E-state index is 12.3. The van der Waals surface area contributed by atoms with E-state index in [9.17, 15) is 4.79 Å². The number of hydrogen-bond donors (Lipinski definition) is 0. The highest BCUT2D eigenvalue weighted by atomic mass is 79.9. The average molecular weight is 404 g/mol. The van der Waals surface area contributed by atoms with Crippen LogP contribution in [-0.2, 0) is 4.79 Å². The number of nitrogens with zero attached hydrogens (tertiary/aromatic N) is 3. The molecule has 1 aliphatic heterocycles. The van der Waals surface area contributed by atoms with Crippen LogP contribution in [0.4, 0.5) is 0 Å². The lowest BCUT2D eigenvalue weighted by atomic mass is 10.2. The number of rotatable bonds is 5. The van der Waals surface area contributed by atoms with Crippen LogP contribution < -0.4 is 9.47 Å². The van der Waals surface area contributed by atoms with Crippen molar-refractivity contribution in [2.75, 3.05) is 20.2 Å². The molecule has 0 bridgehead atoms. The summed E-state index contributed by atoms with van der Waals surface area (Å²) < 4.78 is 11.6. The van der Waals surface area contributed by atoms with Crippen LogP contribution in [-0.4, -0.2) is 47.1 Å². The zero-order valence-electron chi connectivity index (χ0n) is 13.8. The number of carbonyl (C=O) groups is 1. The first-order valence-corrected chi connectivity index (χ1v) is 8.68. The summed E-state index contributed by atoms with van der Waals surface area (Å²) in [5, 5.41) is 0. The number of methoxy groups -OCH3 is 1. The Labute approximate surface area is 154 Å². The lowest BCUT2D eigenvalue weighted by Crippen LogP contribution is -2.29. The number of halogens is 1. The molecular weight excluding hydrogens is 386 g/mol. The Hall–Kier alpha value is -2.41. The van der Waals surface area contributed by atoms with E-state index in [0.717, 1.165) is 22.2 Å². The molecule has 25 heavy (non-hydrogen) atoms. The minimum absolute atomic E-state index is 0.0290. The molecule has 7 heteroatoms. The van der Waals surface area contributed by atoms with Crippen molar-refractivity contribution in [2.24, 2.45) is 0 Å². The Morgan fingerprint density at radius 2 is 2.00 bits per heavy atom. The molecule has 0 saturated carbocycles. The Kier molecular flexibility index (Phi) is 5.65. The number of likely N-dealkylation sites (tertiary alicyclic amines) is 1. The Balaban J connectivity index is 1.53. The van der Waals surface area contributed by atoms with E-state index < -0.39 is 0 Å². The van der Waals surface area contributed by atoms with E-state index in [1.807, 2.05) is 24.3 Å². The molecule has 0 aliphatic carbocycles. The minimum Gasteiger partial charge on any atom is -0.497 e. The highest BCUT2D eigenvalue weighted by molar-refractivity contribution is 9.10. The lowest BCUT2D eigenvalue weighted by Gasteiger charge is -2.14. The number of amides is 1. The van der Waals surface area contributed by atoms with E-state index in [1.54, 1.807) is 36.6 Å². The molecule has 1 fully saturated rings. The molecular formula is C18H18BrN3O3. The van der Waals surface area contributed by atoms with Gasteiger partial charge in [0.25, 0.3) is 0 Å². The number of carbonyl (C=O) groups excluding carboxylic acids is 1. The van der Waals surface area contributed by atoms with Gasteiger partial charge in [0.2, 0.25) is 5.91 Å². The van der Waals surface area contributed by atoms with E-state index in [1.165, 1.54) is 0 Å². The van der Waals surface area contributed by atoms with Crippen LogP contribution in [0.25, 0.3) is 6.08 Å². The average Bonchev–Trinajstić information content (AvgIpc) is 3.10. The maximum Gasteiger partial charge on any atom is 0.316 e. The number of benzene rings is 1. The normalized spacial score (nSPS) is 17.0. The second kappa shape index (κ2) is 8.11. The molecule has 1 amide bonds. The Morgan fingerprint density at radius 1 is 1.28 bits per heavy atom. The Morgan fingerprint density at radius 3 is 2.68 bits per heavy atom. The zero-order valence-corrected chi connectivity index (χ0v) is 15.3. The fourth-order valence-electron chi connectivity index (χ4n) is 2.52. The third kappa shape index (κ3) is 4.79. The zero-order chi connectivity index (χ0) is 17.6. The molecule has 3 rings (SSSR count). The fraction of sp³-hybridized carbons (Fsp3) is 0.278. The molecule has 1 aliphatic rings. The van der Waals surface area contributed by atoms with Gasteiger partial charge in [-0.05, 0) is 39.7 Å². The molecule has 2 aromatic rings. The van der Waals surface area contributed by atoms with Crippen molar-refractivity contribution in [1.82, 2.24) is 14.9 Å². The number of ether oxygens (including phenoxy) is 2. The second-order valence-electron chi connectivity index (χ2n) is 5.60. The molecule has 1 atom stereocenters. The number of hydrogen-bond acceptors (Lipinski definition) is 5. The van der Waals surface area contributed by atoms with Crippen LogP contribution in [0.5, 0.6) is 11.8 Å². The first-order valence-electron chi connectivity index (χ1n) is 7.89. The summed E-state index contributed by atoms with van der Waals surface area (Å²) in [5.74, 6) is 0.761. The maximum atomic E-state index is 12.3. The van der Waals surface area contributed by atoms with Crippen LogP contribution in [0.2, 0.25) is 0 Å². The van der Waals surface area contributed by atoms with Crippen molar-refractivity contribution in [1.29, 1.82) is 0 Å². The molecule has 2 heterocycles. The topological polar surface area (TPSA) is 64.5 Å². The van der Waals surface area contributed by atoms with Crippen molar-refractivity contribution in [3.63, 3.8) is 0 Å². The summed E-state index contributed by atoms with van der Waals surface area (Å²) in [6.45, 7) is 1.19. The quantitative estimate of drug-likeness (QED) is 0.718. The highest BCUT2D eigenvalue weighted by Crippen LogP contribution is 2.17. The molecule has 6 nitrogen and oxygen atoms in total. The van der Waals surface area contributed by atoms with Crippen molar-refractivity contribution in [2.45, 2.75) is 12.5 Å².